The van der Waals surface area contributed by atoms with Crippen molar-refractivity contribution in [3.63, 3.8) is 0 Å². The van der Waals surface area contributed by atoms with E-state index in [4.69, 9.17) is 28.3 Å². The molecule has 112 valence electrons. The highest BCUT2D eigenvalue weighted by Gasteiger charge is 2.30. The molecule has 1 atom stereocenters. The van der Waals surface area contributed by atoms with E-state index in [1.165, 1.54) is 11.0 Å². The SMILES string of the molecule is O=C(O)[C@@H]1CCCCN1C(=O)C=Cc1ccc(Cl)c(Cl)c1. The first-order valence-corrected chi connectivity index (χ1v) is 7.41. The Hall–Kier alpha value is -1.52. The van der Waals surface area contributed by atoms with Gasteiger partial charge in [0.1, 0.15) is 6.04 Å². The highest BCUT2D eigenvalue weighted by atomic mass is 35.5. The topological polar surface area (TPSA) is 57.6 Å². The van der Waals surface area contributed by atoms with E-state index >= 15 is 0 Å². The maximum absolute atomic E-state index is 12.2. The zero-order chi connectivity index (χ0) is 15.4. The number of hydrogen-bond acceptors (Lipinski definition) is 2. The fourth-order valence-electron chi connectivity index (χ4n) is 2.33. The van der Waals surface area contributed by atoms with Crippen molar-refractivity contribution < 1.29 is 14.7 Å². The van der Waals surface area contributed by atoms with E-state index in [2.05, 4.69) is 0 Å². The van der Waals surface area contributed by atoms with Crippen LogP contribution < -0.4 is 0 Å². The molecule has 0 aliphatic carbocycles. The van der Waals surface area contributed by atoms with E-state index < -0.39 is 12.0 Å². The van der Waals surface area contributed by atoms with Crippen molar-refractivity contribution in [2.24, 2.45) is 0 Å². The first-order valence-electron chi connectivity index (χ1n) is 6.65. The van der Waals surface area contributed by atoms with Gasteiger partial charge < -0.3 is 10.0 Å². The predicted octanol–water partition coefficient (Wildman–Crippen LogP) is 3.47. The molecule has 1 heterocycles. The third-order valence-corrected chi connectivity index (χ3v) is 4.17. The lowest BCUT2D eigenvalue weighted by atomic mass is 10.0. The van der Waals surface area contributed by atoms with Crippen LogP contribution in [0.5, 0.6) is 0 Å². The minimum Gasteiger partial charge on any atom is -0.480 e. The quantitative estimate of drug-likeness (QED) is 0.865. The van der Waals surface area contributed by atoms with Crippen LogP contribution in [-0.2, 0) is 9.59 Å². The number of likely N-dealkylation sites (tertiary alicyclic amines) is 1. The Morgan fingerprint density at radius 2 is 2.00 bits per heavy atom. The zero-order valence-corrected chi connectivity index (χ0v) is 12.8. The van der Waals surface area contributed by atoms with Crippen molar-refractivity contribution in [2.75, 3.05) is 6.54 Å². The third-order valence-electron chi connectivity index (χ3n) is 3.43. The molecule has 1 saturated heterocycles. The van der Waals surface area contributed by atoms with Crippen LogP contribution in [-0.4, -0.2) is 34.5 Å². The van der Waals surface area contributed by atoms with Gasteiger partial charge in [-0.25, -0.2) is 4.79 Å². The smallest absolute Gasteiger partial charge is 0.326 e. The van der Waals surface area contributed by atoms with Gasteiger partial charge >= 0.3 is 5.97 Å². The van der Waals surface area contributed by atoms with Gasteiger partial charge in [-0.3, -0.25) is 4.79 Å². The summed E-state index contributed by atoms with van der Waals surface area (Å²) in [6, 6.07) is 4.31. The summed E-state index contributed by atoms with van der Waals surface area (Å²) < 4.78 is 0. The number of benzene rings is 1. The number of amides is 1. The van der Waals surface area contributed by atoms with Gasteiger partial charge in [-0.05, 0) is 43.0 Å². The van der Waals surface area contributed by atoms with Crippen LogP contribution in [0, 0.1) is 0 Å². The zero-order valence-electron chi connectivity index (χ0n) is 11.3. The summed E-state index contributed by atoms with van der Waals surface area (Å²) in [5, 5.41) is 10.0. The highest BCUT2D eigenvalue weighted by Crippen LogP contribution is 2.23. The van der Waals surface area contributed by atoms with Gasteiger partial charge in [0, 0.05) is 12.6 Å². The van der Waals surface area contributed by atoms with Gasteiger partial charge in [0.05, 0.1) is 10.0 Å². The number of hydrogen-bond donors (Lipinski definition) is 1. The molecule has 0 bridgehead atoms. The standard InChI is InChI=1S/C15H15Cl2NO3/c16-11-6-4-10(9-12(11)17)5-7-14(19)18-8-2-1-3-13(18)15(20)21/h4-7,9,13H,1-3,8H2,(H,20,21)/t13-/m0/s1. The number of aliphatic carboxylic acids is 1. The first-order chi connectivity index (χ1) is 9.99. The Kier molecular flexibility index (Phi) is 5.26. The van der Waals surface area contributed by atoms with E-state index in [9.17, 15) is 9.59 Å². The summed E-state index contributed by atoms with van der Waals surface area (Å²) in [4.78, 5) is 24.7. The number of piperidine rings is 1. The molecule has 1 N–H and O–H groups in total. The average Bonchev–Trinajstić information content (AvgIpc) is 2.48. The number of carboxylic acids is 1. The summed E-state index contributed by atoms with van der Waals surface area (Å²) >= 11 is 11.7. The highest BCUT2D eigenvalue weighted by molar-refractivity contribution is 6.42. The summed E-state index contributed by atoms with van der Waals surface area (Å²) in [6.07, 6.45) is 5.15. The molecular formula is C15H15Cl2NO3. The van der Waals surface area contributed by atoms with E-state index in [-0.39, 0.29) is 5.91 Å². The molecule has 0 saturated carbocycles. The van der Waals surface area contributed by atoms with Crippen molar-refractivity contribution in [1.82, 2.24) is 4.90 Å². The molecule has 0 radical (unpaired) electrons. The van der Waals surface area contributed by atoms with Crippen molar-refractivity contribution >= 4 is 41.2 Å². The second-order valence-corrected chi connectivity index (χ2v) is 5.70. The molecule has 1 aliphatic rings. The van der Waals surface area contributed by atoms with E-state index in [1.54, 1.807) is 24.3 Å². The van der Waals surface area contributed by atoms with E-state index in [1.807, 2.05) is 0 Å². The molecule has 6 heteroatoms. The lowest BCUT2D eigenvalue weighted by Gasteiger charge is -2.32. The monoisotopic (exact) mass is 327 g/mol. The predicted molar refractivity (Wildman–Crippen MR) is 82.5 cm³/mol. The lowest BCUT2D eigenvalue weighted by Crippen LogP contribution is -2.47. The average molecular weight is 328 g/mol. The van der Waals surface area contributed by atoms with Crippen LogP contribution in [0.1, 0.15) is 24.8 Å². The van der Waals surface area contributed by atoms with Gasteiger partial charge in [-0.15, -0.1) is 0 Å². The Balaban J connectivity index is 2.10. The van der Waals surface area contributed by atoms with Gasteiger partial charge in [-0.1, -0.05) is 29.3 Å². The van der Waals surface area contributed by atoms with Gasteiger partial charge in [0.15, 0.2) is 0 Å². The maximum Gasteiger partial charge on any atom is 0.326 e. The van der Waals surface area contributed by atoms with Crippen molar-refractivity contribution in [2.45, 2.75) is 25.3 Å². The van der Waals surface area contributed by atoms with Crippen molar-refractivity contribution in [1.29, 1.82) is 0 Å². The molecular weight excluding hydrogens is 313 g/mol. The number of carbonyl (C=O) groups is 2. The van der Waals surface area contributed by atoms with E-state index in [0.29, 0.717) is 23.0 Å². The van der Waals surface area contributed by atoms with Gasteiger partial charge in [-0.2, -0.15) is 0 Å². The summed E-state index contributed by atoms with van der Waals surface area (Å²) in [6.45, 7) is 0.474. The second kappa shape index (κ2) is 6.96. The Bertz CT molecular complexity index is 586. The van der Waals surface area contributed by atoms with Crippen molar-refractivity contribution in [3.05, 3.63) is 39.9 Å². The lowest BCUT2D eigenvalue weighted by molar-refractivity contribution is -0.150. The Morgan fingerprint density at radius 1 is 1.24 bits per heavy atom. The molecule has 0 spiro atoms. The van der Waals surface area contributed by atoms with Crippen LogP contribution >= 0.6 is 23.2 Å². The molecule has 1 amide bonds. The molecule has 1 aromatic rings. The number of nitrogens with zero attached hydrogens (tertiary/aromatic N) is 1. The number of carboxylic acid groups (broad SMARTS) is 1. The molecule has 2 rings (SSSR count). The molecule has 0 unspecified atom stereocenters. The van der Waals surface area contributed by atoms with Crippen molar-refractivity contribution in [3.8, 4) is 0 Å². The fraction of sp³-hybridized carbons (Fsp3) is 0.333. The van der Waals surface area contributed by atoms with Crippen LogP contribution in [0.2, 0.25) is 10.0 Å². The van der Waals surface area contributed by atoms with Gasteiger partial charge in [0.25, 0.3) is 0 Å². The number of rotatable bonds is 3. The fourth-order valence-corrected chi connectivity index (χ4v) is 2.64. The summed E-state index contributed by atoms with van der Waals surface area (Å²) in [5.74, 6) is -1.25. The Labute approximate surface area is 133 Å². The van der Waals surface area contributed by atoms with Crippen LogP contribution in [0.15, 0.2) is 24.3 Å². The second-order valence-electron chi connectivity index (χ2n) is 4.89. The first kappa shape index (κ1) is 15.9. The minimum absolute atomic E-state index is 0.298. The largest absolute Gasteiger partial charge is 0.480 e. The maximum atomic E-state index is 12.2. The summed E-state index contributed by atoms with van der Waals surface area (Å²) in [7, 11) is 0. The minimum atomic E-state index is -0.953. The van der Waals surface area contributed by atoms with Crippen LogP contribution in [0.25, 0.3) is 6.08 Å². The third kappa shape index (κ3) is 3.99. The molecule has 1 aliphatic heterocycles. The van der Waals surface area contributed by atoms with Crippen LogP contribution in [0.4, 0.5) is 0 Å². The summed E-state index contributed by atoms with van der Waals surface area (Å²) in [5.41, 5.74) is 0.738. The Morgan fingerprint density at radius 3 is 2.67 bits per heavy atom. The molecule has 4 nitrogen and oxygen atoms in total. The molecule has 21 heavy (non-hydrogen) atoms. The molecule has 1 aromatic carbocycles. The normalized spacial score (nSPS) is 19.0. The van der Waals surface area contributed by atoms with Crippen LogP contribution in [0.3, 0.4) is 0 Å². The number of halogens is 2. The van der Waals surface area contributed by atoms with E-state index in [0.717, 1.165) is 18.4 Å². The number of carbonyl (C=O) groups excluding carboxylic acids is 1. The van der Waals surface area contributed by atoms with Gasteiger partial charge in [0.2, 0.25) is 5.91 Å². The molecule has 0 aromatic heterocycles. The molecule has 1 fully saturated rings.